The van der Waals surface area contributed by atoms with Crippen LogP contribution in [0.25, 0.3) is 0 Å². The van der Waals surface area contributed by atoms with E-state index in [-0.39, 0.29) is 5.91 Å². The zero-order chi connectivity index (χ0) is 14.8. The summed E-state index contributed by atoms with van der Waals surface area (Å²) < 4.78 is 0. The van der Waals surface area contributed by atoms with Crippen LogP contribution in [0.5, 0.6) is 0 Å². The molecule has 0 aromatic heterocycles. The van der Waals surface area contributed by atoms with E-state index in [2.05, 4.69) is 41.5 Å². The van der Waals surface area contributed by atoms with Gasteiger partial charge in [-0.3, -0.25) is 4.79 Å². The molecule has 0 fully saturated rings. The maximum absolute atomic E-state index is 11.5. The number of hydrogen-bond acceptors (Lipinski definition) is 3. The average molecular weight is 277 g/mol. The fourth-order valence-electron chi connectivity index (χ4n) is 1.96. The summed E-state index contributed by atoms with van der Waals surface area (Å²) in [4.78, 5) is 15.8. The molecule has 1 amide bonds. The van der Waals surface area contributed by atoms with Crippen LogP contribution in [0, 0.1) is 0 Å². The second kappa shape index (κ2) is 9.50. The lowest BCUT2D eigenvalue weighted by Gasteiger charge is -2.17. The number of nitrogens with zero attached hydrogens (tertiary/aromatic N) is 2. The van der Waals surface area contributed by atoms with Crippen LogP contribution in [0.1, 0.15) is 18.4 Å². The first-order valence-electron chi connectivity index (χ1n) is 7.22. The van der Waals surface area contributed by atoms with Gasteiger partial charge in [0.05, 0.1) is 0 Å². The molecule has 4 nitrogen and oxygen atoms in total. The second-order valence-electron chi connectivity index (χ2n) is 5.48. The van der Waals surface area contributed by atoms with E-state index in [1.54, 1.807) is 0 Å². The minimum atomic E-state index is 0.143. The van der Waals surface area contributed by atoms with Crippen molar-refractivity contribution < 1.29 is 4.79 Å². The number of rotatable bonds is 9. The van der Waals surface area contributed by atoms with Gasteiger partial charge in [0.25, 0.3) is 0 Å². The van der Waals surface area contributed by atoms with Crippen LogP contribution in [0.3, 0.4) is 0 Å². The fraction of sp³-hybridized carbons (Fsp3) is 0.562. The number of benzene rings is 1. The number of carbonyl (C=O) groups is 1. The van der Waals surface area contributed by atoms with Gasteiger partial charge < -0.3 is 15.1 Å². The monoisotopic (exact) mass is 277 g/mol. The van der Waals surface area contributed by atoms with E-state index in [1.165, 1.54) is 5.56 Å². The van der Waals surface area contributed by atoms with Gasteiger partial charge in [0.15, 0.2) is 0 Å². The van der Waals surface area contributed by atoms with Gasteiger partial charge in [-0.1, -0.05) is 30.3 Å². The van der Waals surface area contributed by atoms with Crippen molar-refractivity contribution in [3.05, 3.63) is 35.9 Å². The molecule has 0 bridgehead atoms. The predicted octanol–water partition coefficient (Wildman–Crippen LogP) is 1.58. The van der Waals surface area contributed by atoms with Gasteiger partial charge in [-0.05, 0) is 39.7 Å². The van der Waals surface area contributed by atoms with Crippen molar-refractivity contribution in [2.75, 3.05) is 40.8 Å². The van der Waals surface area contributed by atoms with E-state index >= 15 is 0 Å². The Labute approximate surface area is 122 Å². The molecular weight excluding hydrogens is 250 g/mol. The van der Waals surface area contributed by atoms with Gasteiger partial charge in [-0.2, -0.15) is 0 Å². The maximum Gasteiger partial charge on any atom is 0.221 e. The third-order valence-electron chi connectivity index (χ3n) is 3.12. The molecule has 112 valence electrons. The van der Waals surface area contributed by atoms with Crippen LogP contribution in [0.15, 0.2) is 30.3 Å². The summed E-state index contributed by atoms with van der Waals surface area (Å²) >= 11 is 0. The van der Waals surface area contributed by atoms with E-state index in [0.29, 0.717) is 6.42 Å². The lowest BCUT2D eigenvalue weighted by molar-refractivity contribution is -0.121. The number of nitrogens with one attached hydrogen (secondary N) is 1. The Morgan fingerprint density at radius 1 is 1.10 bits per heavy atom. The minimum absolute atomic E-state index is 0.143. The van der Waals surface area contributed by atoms with E-state index < -0.39 is 0 Å². The lowest BCUT2D eigenvalue weighted by Crippen LogP contribution is -2.30. The van der Waals surface area contributed by atoms with E-state index in [4.69, 9.17) is 0 Å². The normalized spacial score (nSPS) is 11.1. The molecule has 1 N–H and O–H groups in total. The summed E-state index contributed by atoms with van der Waals surface area (Å²) in [6, 6.07) is 10.4. The fourth-order valence-corrected chi connectivity index (χ4v) is 1.96. The molecule has 0 heterocycles. The van der Waals surface area contributed by atoms with Gasteiger partial charge in [0, 0.05) is 26.1 Å². The quantitative estimate of drug-likeness (QED) is 0.696. The highest BCUT2D eigenvalue weighted by Crippen LogP contribution is 2.02. The van der Waals surface area contributed by atoms with Crippen molar-refractivity contribution in [2.24, 2.45) is 0 Å². The van der Waals surface area contributed by atoms with Gasteiger partial charge in [0.1, 0.15) is 0 Å². The van der Waals surface area contributed by atoms with E-state index in [0.717, 1.165) is 32.6 Å². The largest absolute Gasteiger partial charge is 0.356 e. The Morgan fingerprint density at radius 2 is 1.80 bits per heavy atom. The zero-order valence-electron chi connectivity index (χ0n) is 12.9. The Morgan fingerprint density at radius 3 is 2.45 bits per heavy atom. The summed E-state index contributed by atoms with van der Waals surface area (Å²) in [6.07, 6.45) is 1.56. The standard InChI is InChI=1S/C16H27N3O/c1-18(2)13-10-16(20)17-11-7-12-19(3)14-15-8-5-4-6-9-15/h4-6,8-9H,7,10-14H2,1-3H3,(H,17,20). The van der Waals surface area contributed by atoms with E-state index in [1.807, 2.05) is 25.1 Å². The first-order valence-corrected chi connectivity index (χ1v) is 7.22. The SMILES string of the molecule is CN(C)CCC(=O)NCCCN(C)Cc1ccccc1. The number of amides is 1. The van der Waals surface area contributed by atoms with Crippen LogP contribution in [-0.2, 0) is 11.3 Å². The highest BCUT2D eigenvalue weighted by atomic mass is 16.1. The molecule has 1 aromatic rings. The van der Waals surface area contributed by atoms with Crippen molar-refractivity contribution in [2.45, 2.75) is 19.4 Å². The van der Waals surface area contributed by atoms with Crippen LogP contribution in [0.4, 0.5) is 0 Å². The summed E-state index contributed by atoms with van der Waals surface area (Å²) in [5.74, 6) is 0.143. The lowest BCUT2D eigenvalue weighted by atomic mass is 10.2. The minimum Gasteiger partial charge on any atom is -0.356 e. The predicted molar refractivity (Wildman–Crippen MR) is 83.6 cm³/mol. The topological polar surface area (TPSA) is 35.6 Å². The first kappa shape index (κ1) is 16.7. The Kier molecular flexibility index (Phi) is 7.92. The van der Waals surface area contributed by atoms with Crippen LogP contribution in [0.2, 0.25) is 0 Å². The third kappa shape index (κ3) is 7.92. The van der Waals surface area contributed by atoms with Gasteiger partial charge >= 0.3 is 0 Å². The molecule has 20 heavy (non-hydrogen) atoms. The smallest absolute Gasteiger partial charge is 0.221 e. The number of hydrogen-bond donors (Lipinski definition) is 1. The molecule has 1 rings (SSSR count). The molecule has 0 aliphatic heterocycles. The summed E-state index contributed by atoms with van der Waals surface area (Å²) in [5, 5.41) is 2.96. The molecule has 0 aliphatic rings. The van der Waals surface area contributed by atoms with Crippen molar-refractivity contribution in [3.63, 3.8) is 0 Å². The molecule has 0 aliphatic carbocycles. The van der Waals surface area contributed by atoms with Gasteiger partial charge in [0.2, 0.25) is 5.91 Å². The summed E-state index contributed by atoms with van der Waals surface area (Å²) in [6.45, 7) is 3.50. The molecule has 0 atom stereocenters. The Balaban J connectivity index is 2.07. The molecular formula is C16H27N3O. The van der Waals surface area contributed by atoms with Crippen LogP contribution < -0.4 is 5.32 Å². The summed E-state index contributed by atoms with van der Waals surface area (Å²) in [5.41, 5.74) is 1.32. The highest BCUT2D eigenvalue weighted by Gasteiger charge is 2.03. The Bertz CT molecular complexity index is 379. The van der Waals surface area contributed by atoms with E-state index in [9.17, 15) is 4.79 Å². The van der Waals surface area contributed by atoms with Crippen LogP contribution >= 0.6 is 0 Å². The third-order valence-corrected chi connectivity index (χ3v) is 3.12. The molecule has 0 radical (unpaired) electrons. The second-order valence-corrected chi connectivity index (χ2v) is 5.48. The molecule has 4 heteroatoms. The first-order chi connectivity index (χ1) is 9.58. The average Bonchev–Trinajstić information content (AvgIpc) is 2.42. The Hall–Kier alpha value is -1.39. The van der Waals surface area contributed by atoms with Gasteiger partial charge in [-0.25, -0.2) is 0 Å². The van der Waals surface area contributed by atoms with Crippen molar-refractivity contribution in [1.82, 2.24) is 15.1 Å². The molecule has 1 aromatic carbocycles. The summed E-state index contributed by atoms with van der Waals surface area (Å²) in [7, 11) is 6.07. The molecule has 0 spiro atoms. The zero-order valence-corrected chi connectivity index (χ0v) is 12.9. The van der Waals surface area contributed by atoms with Crippen molar-refractivity contribution in [3.8, 4) is 0 Å². The maximum atomic E-state index is 11.5. The van der Waals surface area contributed by atoms with Crippen LogP contribution in [-0.4, -0.2) is 56.5 Å². The highest BCUT2D eigenvalue weighted by molar-refractivity contribution is 5.75. The molecule has 0 saturated carbocycles. The van der Waals surface area contributed by atoms with Crippen molar-refractivity contribution >= 4 is 5.91 Å². The van der Waals surface area contributed by atoms with Gasteiger partial charge in [-0.15, -0.1) is 0 Å². The molecule has 0 saturated heterocycles. The molecule has 0 unspecified atom stereocenters. The van der Waals surface area contributed by atoms with Crippen molar-refractivity contribution in [1.29, 1.82) is 0 Å². The number of carbonyl (C=O) groups excluding carboxylic acids is 1.